The Hall–Kier alpha value is -0.760. The van der Waals surface area contributed by atoms with Crippen LogP contribution in [-0.2, 0) is 0 Å². The summed E-state index contributed by atoms with van der Waals surface area (Å²) in [5, 5.41) is 0.571. The monoisotopic (exact) mass is 254 g/mol. The minimum atomic E-state index is 0.571. The number of halogens is 1. The van der Waals surface area contributed by atoms with Crippen molar-refractivity contribution in [1.29, 1.82) is 0 Å². The van der Waals surface area contributed by atoms with E-state index in [-0.39, 0.29) is 0 Å². The van der Waals surface area contributed by atoms with Gasteiger partial charge in [-0.2, -0.15) is 0 Å². The zero-order valence-corrected chi connectivity index (χ0v) is 12.0. The van der Waals surface area contributed by atoms with Gasteiger partial charge in [-0.05, 0) is 30.9 Å². The molecule has 0 saturated heterocycles. The zero-order chi connectivity index (χ0) is 12.8. The highest BCUT2D eigenvalue weighted by molar-refractivity contribution is 6.29. The van der Waals surface area contributed by atoms with Crippen LogP contribution in [0.2, 0.25) is 5.15 Å². The molecule has 0 atom stereocenters. The Labute approximate surface area is 110 Å². The molecule has 0 aliphatic rings. The number of hydrogen-bond donors (Lipinski definition) is 0. The second kappa shape index (κ2) is 6.85. The van der Waals surface area contributed by atoms with E-state index in [0.717, 1.165) is 19.4 Å². The van der Waals surface area contributed by atoms with E-state index in [9.17, 15) is 0 Å². The summed E-state index contributed by atoms with van der Waals surface area (Å²) in [5.74, 6) is 0.641. The maximum absolute atomic E-state index is 5.98. The lowest BCUT2D eigenvalue weighted by atomic mass is 10.1. The number of nitrogens with zero attached hydrogens (tertiary/aromatic N) is 2. The third-order valence-corrected chi connectivity index (χ3v) is 3.19. The molecule has 0 radical (unpaired) electrons. The molecule has 0 aliphatic carbocycles. The van der Waals surface area contributed by atoms with Crippen LogP contribution in [0.4, 0.5) is 5.69 Å². The Morgan fingerprint density at radius 3 is 2.41 bits per heavy atom. The van der Waals surface area contributed by atoms with Gasteiger partial charge in [0.1, 0.15) is 5.15 Å². The molecular formula is C14H23ClN2. The second-order valence-electron chi connectivity index (χ2n) is 4.85. The summed E-state index contributed by atoms with van der Waals surface area (Å²) in [6, 6.07) is 4.59. The molecule has 2 nitrogen and oxygen atoms in total. The van der Waals surface area contributed by atoms with Crippen molar-refractivity contribution in [2.75, 3.05) is 11.4 Å². The fourth-order valence-corrected chi connectivity index (χ4v) is 2.33. The summed E-state index contributed by atoms with van der Waals surface area (Å²) in [7, 11) is 0. The van der Waals surface area contributed by atoms with Gasteiger partial charge in [-0.25, -0.2) is 4.98 Å². The first-order valence-corrected chi connectivity index (χ1v) is 6.84. The van der Waals surface area contributed by atoms with Crippen LogP contribution in [0.15, 0.2) is 18.3 Å². The average molecular weight is 255 g/mol. The zero-order valence-electron chi connectivity index (χ0n) is 11.3. The number of hydrogen-bond acceptors (Lipinski definition) is 2. The van der Waals surface area contributed by atoms with Crippen molar-refractivity contribution in [3.05, 3.63) is 23.5 Å². The normalized spacial score (nSPS) is 11.2. The lowest BCUT2D eigenvalue weighted by Gasteiger charge is -2.34. The topological polar surface area (TPSA) is 16.1 Å². The molecule has 1 aromatic heterocycles. The lowest BCUT2D eigenvalue weighted by Crippen LogP contribution is -2.37. The first-order valence-electron chi connectivity index (χ1n) is 6.46. The third kappa shape index (κ3) is 4.19. The minimum Gasteiger partial charge on any atom is -0.368 e. The number of anilines is 1. The highest BCUT2D eigenvalue weighted by Gasteiger charge is 2.17. The van der Waals surface area contributed by atoms with Crippen molar-refractivity contribution in [2.24, 2.45) is 5.92 Å². The molecule has 0 unspecified atom stereocenters. The Balaban J connectivity index is 2.96. The van der Waals surface area contributed by atoms with Crippen LogP contribution in [0.1, 0.15) is 40.5 Å². The molecule has 0 aliphatic heterocycles. The first-order chi connectivity index (χ1) is 8.08. The van der Waals surface area contributed by atoms with Crippen molar-refractivity contribution < 1.29 is 0 Å². The Bertz CT molecular complexity index is 335. The van der Waals surface area contributed by atoms with Gasteiger partial charge in [-0.3, -0.25) is 0 Å². The van der Waals surface area contributed by atoms with Crippen LogP contribution < -0.4 is 4.90 Å². The molecule has 0 fully saturated rings. The van der Waals surface area contributed by atoms with E-state index >= 15 is 0 Å². The first kappa shape index (κ1) is 14.3. The maximum atomic E-state index is 5.98. The van der Waals surface area contributed by atoms with Gasteiger partial charge in [-0.15, -0.1) is 0 Å². The van der Waals surface area contributed by atoms with E-state index in [4.69, 9.17) is 11.6 Å². The van der Waals surface area contributed by atoms with Gasteiger partial charge in [0.25, 0.3) is 0 Å². The molecule has 96 valence electrons. The van der Waals surface area contributed by atoms with Crippen molar-refractivity contribution in [3.63, 3.8) is 0 Å². The molecule has 0 aromatic carbocycles. The van der Waals surface area contributed by atoms with Gasteiger partial charge < -0.3 is 4.90 Å². The molecule has 0 bridgehead atoms. The minimum absolute atomic E-state index is 0.571. The molecule has 0 N–H and O–H groups in total. The average Bonchev–Trinajstić information content (AvgIpc) is 2.29. The summed E-state index contributed by atoms with van der Waals surface area (Å²) in [6.07, 6.45) is 4.10. The molecule has 0 amide bonds. The van der Waals surface area contributed by atoms with Crippen molar-refractivity contribution in [3.8, 4) is 0 Å². The second-order valence-corrected chi connectivity index (χ2v) is 5.24. The van der Waals surface area contributed by atoms with Crippen LogP contribution in [0.5, 0.6) is 0 Å². The van der Waals surface area contributed by atoms with Crippen molar-refractivity contribution in [2.45, 2.75) is 46.6 Å². The van der Waals surface area contributed by atoms with Gasteiger partial charge in [0.2, 0.25) is 0 Å². The predicted octanol–water partition coefficient (Wildman–Crippen LogP) is 4.39. The Kier molecular flexibility index (Phi) is 5.76. The van der Waals surface area contributed by atoms with E-state index in [1.807, 2.05) is 12.1 Å². The summed E-state index contributed by atoms with van der Waals surface area (Å²) in [6.45, 7) is 10.0. The van der Waals surface area contributed by atoms with Crippen LogP contribution in [-0.4, -0.2) is 17.6 Å². The van der Waals surface area contributed by atoms with E-state index in [1.165, 1.54) is 5.69 Å². The van der Waals surface area contributed by atoms with Crippen molar-refractivity contribution in [1.82, 2.24) is 4.98 Å². The number of pyridine rings is 1. The molecule has 1 aromatic rings. The van der Waals surface area contributed by atoms with Gasteiger partial charge in [0.15, 0.2) is 0 Å². The molecule has 1 rings (SSSR count). The fourth-order valence-electron chi connectivity index (χ4n) is 2.16. The summed E-state index contributed by atoms with van der Waals surface area (Å²) < 4.78 is 0. The Morgan fingerprint density at radius 1 is 1.29 bits per heavy atom. The van der Waals surface area contributed by atoms with E-state index in [1.54, 1.807) is 6.20 Å². The van der Waals surface area contributed by atoms with Gasteiger partial charge in [-0.1, -0.05) is 39.3 Å². The summed E-state index contributed by atoms with van der Waals surface area (Å²) >= 11 is 5.98. The predicted molar refractivity (Wildman–Crippen MR) is 75.8 cm³/mol. The fraction of sp³-hybridized carbons (Fsp3) is 0.643. The maximum Gasteiger partial charge on any atom is 0.131 e. The van der Waals surface area contributed by atoms with Crippen molar-refractivity contribution >= 4 is 17.3 Å². The van der Waals surface area contributed by atoms with E-state index in [0.29, 0.717) is 17.1 Å². The molecule has 0 spiro atoms. The Morgan fingerprint density at radius 2 is 1.94 bits per heavy atom. The van der Waals surface area contributed by atoms with Crippen LogP contribution >= 0.6 is 11.6 Å². The smallest absolute Gasteiger partial charge is 0.131 e. The molecule has 17 heavy (non-hydrogen) atoms. The molecular weight excluding hydrogens is 232 g/mol. The summed E-state index contributed by atoms with van der Waals surface area (Å²) in [5.41, 5.74) is 1.19. The lowest BCUT2D eigenvalue weighted by molar-refractivity contribution is 0.507. The largest absolute Gasteiger partial charge is 0.368 e. The van der Waals surface area contributed by atoms with Crippen LogP contribution in [0.3, 0.4) is 0 Å². The third-order valence-electron chi connectivity index (χ3n) is 2.99. The quantitative estimate of drug-likeness (QED) is 0.700. The standard InChI is InChI=1S/C14H23ClN2/c1-5-12(6-2)17(10-11(3)4)13-7-8-16-14(15)9-13/h7-9,11-12H,5-6,10H2,1-4H3. The van der Waals surface area contributed by atoms with Crippen LogP contribution in [0.25, 0.3) is 0 Å². The number of rotatable bonds is 6. The molecule has 3 heteroatoms. The summed E-state index contributed by atoms with van der Waals surface area (Å²) in [4.78, 5) is 6.51. The van der Waals surface area contributed by atoms with Gasteiger partial charge >= 0.3 is 0 Å². The number of aromatic nitrogens is 1. The molecule has 1 heterocycles. The van der Waals surface area contributed by atoms with E-state index < -0.39 is 0 Å². The highest BCUT2D eigenvalue weighted by Crippen LogP contribution is 2.23. The van der Waals surface area contributed by atoms with Gasteiger partial charge in [0, 0.05) is 24.5 Å². The van der Waals surface area contributed by atoms with Crippen LogP contribution in [0, 0.1) is 5.92 Å². The molecule has 0 saturated carbocycles. The van der Waals surface area contributed by atoms with E-state index in [2.05, 4.69) is 37.6 Å². The highest BCUT2D eigenvalue weighted by atomic mass is 35.5. The van der Waals surface area contributed by atoms with Gasteiger partial charge in [0.05, 0.1) is 0 Å². The SMILES string of the molecule is CCC(CC)N(CC(C)C)c1ccnc(Cl)c1.